The number of hydrogen-bond donors (Lipinski definition) is 0. The van der Waals surface area contributed by atoms with E-state index in [4.69, 9.17) is 0 Å². The number of hydrogen-bond acceptors (Lipinski definition) is 1. The van der Waals surface area contributed by atoms with E-state index in [0.717, 1.165) is 5.69 Å². The number of pyridine rings is 1. The van der Waals surface area contributed by atoms with Gasteiger partial charge in [-0.05, 0) is 29.0 Å². The molecule has 0 bridgehead atoms. The van der Waals surface area contributed by atoms with Crippen molar-refractivity contribution in [3.8, 4) is 11.3 Å². The Kier molecular flexibility index (Phi) is 4.08. The summed E-state index contributed by atoms with van der Waals surface area (Å²) in [6, 6.07) is 20.8. The van der Waals surface area contributed by atoms with Crippen molar-refractivity contribution in [1.82, 2.24) is 4.98 Å². The molecule has 0 spiro atoms. The Labute approximate surface area is 108 Å². The van der Waals surface area contributed by atoms with Gasteiger partial charge in [0.25, 0.3) is 0 Å². The third kappa shape index (κ3) is 2.57. The molecule has 0 aliphatic heterocycles. The highest BCUT2D eigenvalue weighted by molar-refractivity contribution is 5.86. The highest BCUT2D eigenvalue weighted by Crippen LogP contribution is 2.22. The van der Waals surface area contributed by atoms with Gasteiger partial charge in [0.1, 0.15) is 0 Å². The van der Waals surface area contributed by atoms with Crippen molar-refractivity contribution in [2.24, 2.45) is 0 Å². The van der Waals surface area contributed by atoms with Crippen molar-refractivity contribution >= 4 is 10.8 Å². The van der Waals surface area contributed by atoms with Crippen LogP contribution in [0.5, 0.6) is 0 Å². The van der Waals surface area contributed by atoms with Crippen LogP contribution < -0.4 is 0 Å². The molecule has 0 atom stereocenters. The van der Waals surface area contributed by atoms with Gasteiger partial charge < -0.3 is 0 Å². The summed E-state index contributed by atoms with van der Waals surface area (Å²) in [4.78, 5) is 4.36. The Morgan fingerprint density at radius 1 is 0.722 bits per heavy atom. The maximum atomic E-state index is 4.36. The van der Waals surface area contributed by atoms with Crippen molar-refractivity contribution in [2.75, 3.05) is 0 Å². The molecule has 1 heteroatoms. The lowest BCUT2D eigenvalue weighted by atomic mass is 10.0. The second-order valence-electron chi connectivity index (χ2n) is 3.78. The lowest BCUT2D eigenvalue weighted by Crippen LogP contribution is -1.81. The van der Waals surface area contributed by atoms with Crippen LogP contribution in [0.1, 0.15) is 13.8 Å². The molecule has 18 heavy (non-hydrogen) atoms. The second-order valence-corrected chi connectivity index (χ2v) is 3.78. The van der Waals surface area contributed by atoms with Crippen LogP contribution in [0.3, 0.4) is 0 Å². The van der Waals surface area contributed by atoms with Gasteiger partial charge in [-0.15, -0.1) is 0 Å². The van der Waals surface area contributed by atoms with Crippen molar-refractivity contribution < 1.29 is 0 Å². The summed E-state index contributed by atoms with van der Waals surface area (Å²) in [6.07, 6.45) is 1.82. The molecule has 0 aliphatic carbocycles. The highest BCUT2D eigenvalue weighted by atomic mass is 14.7. The quantitative estimate of drug-likeness (QED) is 0.583. The molecule has 0 unspecified atom stereocenters. The maximum Gasteiger partial charge on any atom is 0.0702 e. The number of aromatic nitrogens is 1. The third-order valence-corrected chi connectivity index (χ3v) is 2.71. The van der Waals surface area contributed by atoms with Gasteiger partial charge in [-0.2, -0.15) is 0 Å². The van der Waals surface area contributed by atoms with Crippen LogP contribution in [-0.2, 0) is 0 Å². The third-order valence-electron chi connectivity index (χ3n) is 2.71. The van der Waals surface area contributed by atoms with Crippen LogP contribution in [0.2, 0.25) is 0 Å². The Bertz CT molecular complexity index is 615. The molecule has 0 saturated carbocycles. The van der Waals surface area contributed by atoms with E-state index in [1.807, 2.05) is 38.2 Å². The van der Waals surface area contributed by atoms with E-state index in [1.165, 1.54) is 16.3 Å². The van der Waals surface area contributed by atoms with E-state index in [9.17, 15) is 0 Å². The molecule has 0 radical (unpaired) electrons. The van der Waals surface area contributed by atoms with E-state index in [-0.39, 0.29) is 0 Å². The Morgan fingerprint density at radius 2 is 1.44 bits per heavy atom. The van der Waals surface area contributed by atoms with E-state index in [2.05, 4.69) is 47.4 Å². The number of nitrogens with zero attached hydrogens (tertiary/aromatic N) is 1. The van der Waals surface area contributed by atoms with Crippen LogP contribution in [0.25, 0.3) is 22.0 Å². The van der Waals surface area contributed by atoms with Crippen molar-refractivity contribution in [2.45, 2.75) is 13.8 Å². The minimum atomic E-state index is 1.02. The number of benzene rings is 2. The highest BCUT2D eigenvalue weighted by Gasteiger charge is 1.99. The van der Waals surface area contributed by atoms with Gasteiger partial charge in [-0.1, -0.05) is 56.3 Å². The molecule has 1 aromatic heterocycles. The standard InChI is InChI=1S/C15H11N.C2H6/c1-2-6-13-11-14(9-8-12(13)5-1)15-7-3-4-10-16-15;1-2/h1-11H;1-2H3. The van der Waals surface area contributed by atoms with Crippen molar-refractivity contribution in [1.29, 1.82) is 0 Å². The fraction of sp³-hybridized carbons (Fsp3) is 0.118. The summed E-state index contributed by atoms with van der Waals surface area (Å²) >= 11 is 0. The zero-order chi connectivity index (χ0) is 12.8. The molecular formula is C17H17N. The summed E-state index contributed by atoms with van der Waals surface area (Å²) < 4.78 is 0. The molecule has 0 saturated heterocycles. The first kappa shape index (κ1) is 12.3. The molecule has 1 heterocycles. The molecular weight excluding hydrogens is 218 g/mol. The van der Waals surface area contributed by atoms with Crippen LogP contribution in [0.4, 0.5) is 0 Å². The molecule has 90 valence electrons. The predicted molar refractivity (Wildman–Crippen MR) is 78.5 cm³/mol. The lowest BCUT2D eigenvalue weighted by Gasteiger charge is -2.02. The molecule has 3 aromatic rings. The Hall–Kier alpha value is -2.15. The first-order valence-corrected chi connectivity index (χ1v) is 6.34. The van der Waals surface area contributed by atoms with Crippen LogP contribution in [0, 0.1) is 0 Å². The van der Waals surface area contributed by atoms with E-state index in [0.29, 0.717) is 0 Å². The second kappa shape index (κ2) is 5.97. The van der Waals surface area contributed by atoms with Crippen LogP contribution in [-0.4, -0.2) is 4.98 Å². The minimum Gasteiger partial charge on any atom is -0.256 e. The van der Waals surface area contributed by atoms with Gasteiger partial charge in [0.2, 0.25) is 0 Å². The van der Waals surface area contributed by atoms with E-state index in [1.54, 1.807) is 0 Å². The summed E-state index contributed by atoms with van der Waals surface area (Å²) in [5.74, 6) is 0. The monoisotopic (exact) mass is 235 g/mol. The van der Waals surface area contributed by atoms with Gasteiger partial charge >= 0.3 is 0 Å². The fourth-order valence-electron chi connectivity index (χ4n) is 1.88. The molecule has 0 fully saturated rings. The summed E-state index contributed by atoms with van der Waals surface area (Å²) in [5.41, 5.74) is 2.19. The van der Waals surface area contributed by atoms with Crippen molar-refractivity contribution in [3.05, 3.63) is 66.9 Å². The topological polar surface area (TPSA) is 12.9 Å². The molecule has 3 rings (SSSR count). The lowest BCUT2D eigenvalue weighted by molar-refractivity contribution is 1.33. The maximum absolute atomic E-state index is 4.36. The molecule has 2 aromatic carbocycles. The van der Waals surface area contributed by atoms with Gasteiger partial charge in [0.15, 0.2) is 0 Å². The van der Waals surface area contributed by atoms with Gasteiger partial charge in [0, 0.05) is 11.8 Å². The Balaban J connectivity index is 0.000000574. The smallest absolute Gasteiger partial charge is 0.0702 e. The fourth-order valence-corrected chi connectivity index (χ4v) is 1.88. The normalized spacial score (nSPS) is 9.67. The average Bonchev–Trinajstić information content (AvgIpc) is 2.50. The van der Waals surface area contributed by atoms with Crippen LogP contribution >= 0.6 is 0 Å². The number of rotatable bonds is 1. The molecule has 1 nitrogen and oxygen atoms in total. The van der Waals surface area contributed by atoms with E-state index < -0.39 is 0 Å². The molecule has 0 N–H and O–H groups in total. The van der Waals surface area contributed by atoms with Crippen LogP contribution in [0.15, 0.2) is 66.9 Å². The zero-order valence-corrected chi connectivity index (χ0v) is 10.8. The van der Waals surface area contributed by atoms with Gasteiger partial charge in [0.05, 0.1) is 5.69 Å². The van der Waals surface area contributed by atoms with Gasteiger partial charge in [-0.3, -0.25) is 4.98 Å². The first-order chi connectivity index (χ1) is 8.93. The summed E-state index contributed by atoms with van der Waals surface area (Å²) in [7, 11) is 0. The summed E-state index contributed by atoms with van der Waals surface area (Å²) in [5, 5.41) is 2.52. The average molecular weight is 235 g/mol. The number of fused-ring (bicyclic) bond motifs is 1. The Morgan fingerprint density at radius 3 is 2.17 bits per heavy atom. The molecule has 0 amide bonds. The minimum absolute atomic E-state index is 1.02. The molecule has 0 aliphatic rings. The SMILES string of the molecule is CC.c1ccc(-c2ccc3ccccc3c2)nc1. The zero-order valence-electron chi connectivity index (χ0n) is 10.8. The summed E-state index contributed by atoms with van der Waals surface area (Å²) in [6.45, 7) is 4.00. The first-order valence-electron chi connectivity index (χ1n) is 6.34. The largest absolute Gasteiger partial charge is 0.256 e. The van der Waals surface area contributed by atoms with Crippen molar-refractivity contribution in [3.63, 3.8) is 0 Å². The predicted octanol–water partition coefficient (Wildman–Crippen LogP) is 4.93. The van der Waals surface area contributed by atoms with Gasteiger partial charge in [-0.25, -0.2) is 0 Å². The van der Waals surface area contributed by atoms with E-state index >= 15 is 0 Å².